The summed E-state index contributed by atoms with van der Waals surface area (Å²) in [6, 6.07) is 7.52. The third kappa shape index (κ3) is 3.07. The second-order valence-electron chi connectivity index (χ2n) is 3.86. The summed E-state index contributed by atoms with van der Waals surface area (Å²) in [7, 11) is 0. The van der Waals surface area contributed by atoms with Crippen LogP contribution in [0.15, 0.2) is 41.2 Å². The molecule has 0 saturated heterocycles. The highest BCUT2D eigenvalue weighted by molar-refractivity contribution is 5.83. The first-order chi connectivity index (χ1) is 8.81. The van der Waals surface area contributed by atoms with Crippen molar-refractivity contribution in [2.75, 3.05) is 31.1 Å². The number of benzene rings is 1. The number of rotatable bonds is 5. The summed E-state index contributed by atoms with van der Waals surface area (Å²) in [5, 5.41) is 0. The van der Waals surface area contributed by atoms with E-state index in [2.05, 4.69) is 4.99 Å². The summed E-state index contributed by atoms with van der Waals surface area (Å²) in [4.78, 5) is 6.14. The smallest absolute Gasteiger partial charge is 0.143 e. The first-order valence-corrected chi connectivity index (χ1v) is 5.84. The van der Waals surface area contributed by atoms with E-state index in [4.69, 9.17) is 10.5 Å². The zero-order valence-corrected chi connectivity index (χ0v) is 10.1. The molecule has 1 aromatic rings. The molecule has 0 saturated carbocycles. The van der Waals surface area contributed by atoms with Crippen LogP contribution in [0.5, 0.6) is 5.75 Å². The zero-order chi connectivity index (χ0) is 12.8. The Balaban J connectivity index is 2.08. The number of anilines is 1. The van der Waals surface area contributed by atoms with Gasteiger partial charge in [-0.25, -0.2) is 4.39 Å². The van der Waals surface area contributed by atoms with E-state index in [1.54, 1.807) is 6.34 Å². The fourth-order valence-corrected chi connectivity index (χ4v) is 1.71. The summed E-state index contributed by atoms with van der Waals surface area (Å²) in [6.07, 6.45) is 3.08. The molecule has 18 heavy (non-hydrogen) atoms. The first-order valence-electron chi connectivity index (χ1n) is 5.84. The van der Waals surface area contributed by atoms with Crippen molar-refractivity contribution in [3.05, 3.63) is 36.2 Å². The lowest BCUT2D eigenvalue weighted by Gasteiger charge is -2.18. The van der Waals surface area contributed by atoms with Gasteiger partial charge in [-0.1, -0.05) is 12.1 Å². The van der Waals surface area contributed by atoms with Crippen molar-refractivity contribution in [1.82, 2.24) is 0 Å². The molecule has 0 amide bonds. The van der Waals surface area contributed by atoms with E-state index in [0.717, 1.165) is 18.8 Å². The van der Waals surface area contributed by atoms with E-state index >= 15 is 0 Å². The van der Waals surface area contributed by atoms with Gasteiger partial charge >= 0.3 is 0 Å². The van der Waals surface area contributed by atoms with E-state index in [1.165, 1.54) is 6.08 Å². The first kappa shape index (κ1) is 12.6. The fraction of sp³-hybridized carbons (Fsp3) is 0.308. The molecule has 1 aliphatic heterocycles. The van der Waals surface area contributed by atoms with Gasteiger partial charge in [-0.3, -0.25) is 4.99 Å². The molecule has 2 rings (SSSR count). The summed E-state index contributed by atoms with van der Waals surface area (Å²) in [5.74, 6) is 0.286. The number of nitrogens with zero attached hydrogens (tertiary/aromatic N) is 2. The van der Waals surface area contributed by atoms with Crippen molar-refractivity contribution >= 4 is 12.0 Å². The number of halogens is 1. The van der Waals surface area contributed by atoms with Gasteiger partial charge in [0.25, 0.3) is 0 Å². The molecule has 0 aromatic heterocycles. The zero-order valence-electron chi connectivity index (χ0n) is 10.1. The quantitative estimate of drug-likeness (QED) is 0.864. The molecule has 1 aliphatic rings. The molecule has 1 aromatic carbocycles. The number of para-hydroxylation sites is 2. The molecule has 0 atom stereocenters. The molecule has 1 heterocycles. The van der Waals surface area contributed by atoms with Crippen LogP contribution in [0.1, 0.15) is 0 Å². The Morgan fingerprint density at radius 1 is 1.50 bits per heavy atom. The van der Waals surface area contributed by atoms with Crippen LogP contribution in [0.3, 0.4) is 0 Å². The Hall–Kier alpha value is -1.88. The van der Waals surface area contributed by atoms with E-state index < -0.39 is 0 Å². The van der Waals surface area contributed by atoms with Gasteiger partial charge in [0.15, 0.2) is 0 Å². The molecule has 0 unspecified atom stereocenters. The average Bonchev–Trinajstić information content (AvgIpc) is 2.91. The summed E-state index contributed by atoms with van der Waals surface area (Å²) < 4.78 is 18.7. The monoisotopic (exact) mass is 249 g/mol. The number of hydrogen-bond donors (Lipinski definition) is 1. The van der Waals surface area contributed by atoms with Crippen LogP contribution in [0, 0.1) is 0 Å². The maximum Gasteiger partial charge on any atom is 0.143 e. The minimum Gasteiger partial charge on any atom is -0.484 e. The lowest BCUT2D eigenvalue weighted by atomic mass is 10.2. The maximum absolute atomic E-state index is 13.2. The van der Waals surface area contributed by atoms with E-state index in [-0.39, 0.29) is 19.0 Å². The maximum atomic E-state index is 13.2. The predicted molar refractivity (Wildman–Crippen MR) is 70.9 cm³/mol. The number of ether oxygens (including phenoxy) is 1. The van der Waals surface area contributed by atoms with Crippen molar-refractivity contribution in [3.63, 3.8) is 0 Å². The third-order valence-electron chi connectivity index (χ3n) is 2.57. The molecule has 4 nitrogen and oxygen atoms in total. The highest BCUT2D eigenvalue weighted by Crippen LogP contribution is 2.28. The summed E-state index contributed by atoms with van der Waals surface area (Å²) in [6.45, 7) is 1.67. The summed E-state index contributed by atoms with van der Waals surface area (Å²) in [5.41, 5.74) is 6.13. The third-order valence-corrected chi connectivity index (χ3v) is 2.57. The number of nitrogens with two attached hydrogens (primary N) is 1. The van der Waals surface area contributed by atoms with Gasteiger partial charge < -0.3 is 15.4 Å². The van der Waals surface area contributed by atoms with Crippen molar-refractivity contribution in [1.29, 1.82) is 0 Å². The second-order valence-corrected chi connectivity index (χ2v) is 3.86. The molecule has 0 bridgehead atoms. The minimum atomic E-state index is -0.359. The Morgan fingerprint density at radius 3 is 3.06 bits per heavy atom. The van der Waals surface area contributed by atoms with Crippen molar-refractivity contribution in [3.8, 4) is 5.75 Å². The van der Waals surface area contributed by atoms with Crippen molar-refractivity contribution < 1.29 is 9.13 Å². The second kappa shape index (κ2) is 6.16. The Morgan fingerprint density at radius 2 is 2.33 bits per heavy atom. The van der Waals surface area contributed by atoms with Gasteiger partial charge in [-0.15, -0.1) is 0 Å². The Labute approximate surface area is 106 Å². The molecule has 2 N–H and O–H groups in total. The normalized spacial score (nSPS) is 15.2. The highest BCUT2D eigenvalue weighted by atomic mass is 19.1. The van der Waals surface area contributed by atoms with E-state index in [1.807, 2.05) is 29.2 Å². The largest absolute Gasteiger partial charge is 0.484 e. The van der Waals surface area contributed by atoms with E-state index in [9.17, 15) is 4.39 Å². The van der Waals surface area contributed by atoms with Gasteiger partial charge in [0.2, 0.25) is 0 Å². The fourth-order valence-electron chi connectivity index (χ4n) is 1.71. The molecule has 0 fully saturated rings. The minimum absolute atomic E-state index is 0.0980. The molecule has 0 spiro atoms. The van der Waals surface area contributed by atoms with Crippen LogP contribution < -0.4 is 15.4 Å². The standard InChI is InChI=1S/C13H16FN3O/c14-11(5-6-15)9-18-13-4-2-1-3-12(13)17-8-7-16-10-17/h1-5,10H,6-9,15H2/b11-5+. The molecule has 0 radical (unpaired) electrons. The van der Waals surface area contributed by atoms with Crippen LogP contribution in [-0.4, -0.2) is 32.6 Å². The Kier molecular flexibility index (Phi) is 4.30. The van der Waals surface area contributed by atoms with Crippen LogP contribution in [0.2, 0.25) is 0 Å². The van der Waals surface area contributed by atoms with Gasteiger partial charge in [-0.2, -0.15) is 0 Å². The van der Waals surface area contributed by atoms with Gasteiger partial charge in [-0.05, 0) is 18.2 Å². The molecule has 0 aliphatic carbocycles. The predicted octanol–water partition coefficient (Wildman–Crippen LogP) is 1.73. The summed E-state index contributed by atoms with van der Waals surface area (Å²) >= 11 is 0. The lowest BCUT2D eigenvalue weighted by molar-refractivity contribution is 0.319. The molecular weight excluding hydrogens is 233 g/mol. The van der Waals surface area contributed by atoms with Crippen molar-refractivity contribution in [2.45, 2.75) is 0 Å². The molecule has 96 valence electrons. The molecular formula is C13H16FN3O. The van der Waals surface area contributed by atoms with Crippen LogP contribution in [0.4, 0.5) is 10.1 Å². The van der Waals surface area contributed by atoms with Gasteiger partial charge in [0, 0.05) is 13.1 Å². The van der Waals surface area contributed by atoms with Gasteiger partial charge in [0.1, 0.15) is 18.2 Å². The van der Waals surface area contributed by atoms with Gasteiger partial charge in [0.05, 0.1) is 18.6 Å². The van der Waals surface area contributed by atoms with Crippen LogP contribution in [0.25, 0.3) is 0 Å². The Bertz CT molecular complexity index is 459. The van der Waals surface area contributed by atoms with Crippen LogP contribution in [-0.2, 0) is 0 Å². The number of aliphatic imine (C=N–C) groups is 1. The SMILES string of the molecule is NC/C=C(/F)COc1ccccc1N1C=NCC1. The average molecular weight is 249 g/mol. The number of hydrogen-bond acceptors (Lipinski definition) is 4. The lowest BCUT2D eigenvalue weighted by Crippen LogP contribution is -2.19. The van der Waals surface area contributed by atoms with E-state index in [0.29, 0.717) is 5.75 Å². The highest BCUT2D eigenvalue weighted by Gasteiger charge is 2.13. The molecule has 5 heteroatoms. The van der Waals surface area contributed by atoms with Crippen molar-refractivity contribution in [2.24, 2.45) is 10.7 Å². The topological polar surface area (TPSA) is 50.9 Å². The van der Waals surface area contributed by atoms with Crippen LogP contribution >= 0.6 is 0 Å².